The summed E-state index contributed by atoms with van der Waals surface area (Å²) >= 11 is 0. The van der Waals surface area contributed by atoms with Crippen LogP contribution in [0.5, 0.6) is 0 Å². The molecule has 0 saturated heterocycles. The summed E-state index contributed by atoms with van der Waals surface area (Å²) in [4.78, 5) is 18.7. The van der Waals surface area contributed by atoms with Gasteiger partial charge in [0.05, 0.1) is 22.4 Å². The van der Waals surface area contributed by atoms with Crippen LogP contribution in [-0.4, -0.2) is 55.0 Å². The minimum absolute atomic E-state index is 0.132. The van der Waals surface area contributed by atoms with Crippen molar-refractivity contribution in [3.05, 3.63) is 105 Å². The molecule has 1 atom stereocenters. The molecule has 2 aromatic carbocycles. The Balaban J connectivity index is 2.25. The molecule has 34 heavy (non-hydrogen) atoms. The van der Waals surface area contributed by atoms with Gasteiger partial charge in [-0.2, -0.15) is 0 Å². The molecule has 8 heteroatoms. The number of rotatable bonds is 10. The maximum atomic E-state index is 12.0. The first kappa shape index (κ1) is 25.1. The lowest BCUT2D eigenvalue weighted by Crippen LogP contribution is -2.59. The number of nitrogens with one attached hydrogen (secondary N) is 2. The molecule has 8 nitrogen and oxygen atoms in total. The molecule has 0 radical (unpaired) electrons. The third-order valence-electron chi connectivity index (χ3n) is 5.51. The highest BCUT2D eigenvalue weighted by Gasteiger charge is 2.42. The largest absolute Gasteiger partial charge is 0.472 e. The van der Waals surface area contributed by atoms with Crippen LogP contribution in [0.4, 0.5) is 0 Å². The third-order valence-corrected chi connectivity index (χ3v) is 5.51. The first-order chi connectivity index (χ1) is 16.3. The fraction of sp³-hybridized carbons (Fsp3) is 0.346. The summed E-state index contributed by atoms with van der Waals surface area (Å²) in [6, 6.07) is 19.7. The molecule has 2 aromatic rings. The van der Waals surface area contributed by atoms with Gasteiger partial charge in [0.15, 0.2) is 0 Å². The van der Waals surface area contributed by atoms with E-state index in [1.54, 1.807) is 0 Å². The lowest BCUT2D eigenvalue weighted by Gasteiger charge is -2.39. The van der Waals surface area contributed by atoms with Crippen molar-refractivity contribution in [1.82, 2.24) is 15.5 Å². The van der Waals surface area contributed by atoms with Gasteiger partial charge in [-0.1, -0.05) is 60.7 Å². The Morgan fingerprint density at radius 2 is 1.68 bits per heavy atom. The maximum absolute atomic E-state index is 12.0. The number of ether oxygens (including phenoxy) is 1. The number of nitro groups is 1. The molecule has 1 heterocycles. The van der Waals surface area contributed by atoms with Gasteiger partial charge in [-0.15, -0.1) is 0 Å². The minimum Gasteiger partial charge on any atom is -0.472 e. The van der Waals surface area contributed by atoms with Crippen molar-refractivity contribution in [2.24, 2.45) is 4.99 Å². The molecular formula is C26H33N5O3. The Labute approximate surface area is 201 Å². The van der Waals surface area contributed by atoms with Crippen LogP contribution in [0.3, 0.4) is 0 Å². The lowest BCUT2D eigenvalue weighted by molar-refractivity contribution is -0.423. The van der Waals surface area contributed by atoms with E-state index in [1.165, 1.54) is 6.08 Å². The topological polar surface area (TPSA) is 92.0 Å². The first-order valence-electron chi connectivity index (χ1n) is 11.3. The van der Waals surface area contributed by atoms with Crippen LogP contribution in [0.15, 0.2) is 89.0 Å². The van der Waals surface area contributed by atoms with Crippen molar-refractivity contribution in [2.75, 3.05) is 27.7 Å². The van der Waals surface area contributed by atoms with Gasteiger partial charge in [-0.25, -0.2) is 4.99 Å². The minimum atomic E-state index is -0.872. The number of hydrogen-bond donors (Lipinski definition) is 2. The normalized spacial score (nSPS) is 17.9. The molecule has 0 fully saturated rings. The van der Waals surface area contributed by atoms with Crippen LogP contribution in [-0.2, 0) is 4.74 Å². The molecule has 0 bridgehead atoms. The van der Waals surface area contributed by atoms with E-state index >= 15 is 0 Å². The fourth-order valence-corrected chi connectivity index (χ4v) is 3.73. The van der Waals surface area contributed by atoms with Gasteiger partial charge in [-0.3, -0.25) is 15.4 Å². The van der Waals surface area contributed by atoms with Crippen LogP contribution in [0.25, 0.3) is 0 Å². The Morgan fingerprint density at radius 3 is 2.12 bits per heavy atom. The number of aliphatic imine (C=N–C) groups is 1. The zero-order chi connectivity index (χ0) is 24.7. The molecule has 0 aliphatic carbocycles. The average Bonchev–Trinajstić information content (AvgIpc) is 2.82. The SMILES string of the molecule is CNC1(CCN(C)C)NC(OC(C)C)=C([N+](=O)[O-])C=C1N=C(c1ccccc1)c1ccccc1. The summed E-state index contributed by atoms with van der Waals surface area (Å²) in [6.45, 7) is 4.40. The van der Waals surface area contributed by atoms with E-state index in [-0.39, 0.29) is 17.7 Å². The predicted octanol–water partition coefficient (Wildman–Crippen LogP) is 3.75. The molecular weight excluding hydrogens is 430 g/mol. The number of hydrogen-bond acceptors (Lipinski definition) is 7. The molecule has 0 saturated carbocycles. The summed E-state index contributed by atoms with van der Waals surface area (Å²) in [5, 5.41) is 18.6. The maximum Gasteiger partial charge on any atom is 0.330 e. The van der Waals surface area contributed by atoms with Gasteiger partial charge in [-0.05, 0) is 35.0 Å². The second-order valence-electron chi connectivity index (χ2n) is 8.69. The van der Waals surface area contributed by atoms with Crippen molar-refractivity contribution < 1.29 is 9.66 Å². The van der Waals surface area contributed by atoms with Gasteiger partial charge in [0.1, 0.15) is 5.66 Å². The van der Waals surface area contributed by atoms with E-state index in [0.717, 1.165) is 23.4 Å². The number of nitrogens with zero attached hydrogens (tertiary/aromatic N) is 3. The predicted molar refractivity (Wildman–Crippen MR) is 135 cm³/mol. The van der Waals surface area contributed by atoms with Crippen molar-refractivity contribution in [3.63, 3.8) is 0 Å². The van der Waals surface area contributed by atoms with Crippen molar-refractivity contribution >= 4 is 5.71 Å². The smallest absolute Gasteiger partial charge is 0.330 e. The summed E-state index contributed by atoms with van der Waals surface area (Å²) in [5.74, 6) is 0.132. The van der Waals surface area contributed by atoms with Gasteiger partial charge >= 0.3 is 5.70 Å². The summed E-state index contributed by atoms with van der Waals surface area (Å²) in [6.07, 6.45) is 1.88. The summed E-state index contributed by atoms with van der Waals surface area (Å²) in [5.41, 5.74) is 2.06. The molecule has 2 N–H and O–H groups in total. The molecule has 180 valence electrons. The van der Waals surface area contributed by atoms with Crippen LogP contribution >= 0.6 is 0 Å². The van der Waals surface area contributed by atoms with E-state index < -0.39 is 10.6 Å². The highest BCUT2D eigenvalue weighted by Crippen LogP contribution is 2.31. The Bertz CT molecular complexity index is 1040. The van der Waals surface area contributed by atoms with Crippen LogP contribution in [0.1, 0.15) is 31.4 Å². The highest BCUT2D eigenvalue weighted by atomic mass is 16.6. The second-order valence-corrected chi connectivity index (χ2v) is 8.69. The number of dihydropyridines is 1. The average molecular weight is 464 g/mol. The van der Waals surface area contributed by atoms with Gasteiger partial charge in [0.25, 0.3) is 5.88 Å². The Morgan fingerprint density at radius 1 is 1.12 bits per heavy atom. The number of likely N-dealkylation sites (N-methyl/N-ethyl adjacent to an activating group) is 1. The highest BCUT2D eigenvalue weighted by molar-refractivity contribution is 6.13. The van der Waals surface area contributed by atoms with Crippen LogP contribution < -0.4 is 10.6 Å². The van der Waals surface area contributed by atoms with Gasteiger partial charge in [0.2, 0.25) is 0 Å². The lowest BCUT2D eigenvalue weighted by atomic mass is 9.96. The molecule has 1 aliphatic heterocycles. The quantitative estimate of drug-likeness (QED) is 0.317. The van der Waals surface area contributed by atoms with E-state index in [2.05, 4.69) is 15.5 Å². The molecule has 1 unspecified atom stereocenters. The molecule has 0 amide bonds. The van der Waals surface area contributed by atoms with Crippen molar-refractivity contribution in [3.8, 4) is 0 Å². The number of benzene rings is 2. The zero-order valence-corrected chi connectivity index (χ0v) is 20.4. The Kier molecular flexibility index (Phi) is 8.20. The molecule has 1 aliphatic rings. The van der Waals surface area contributed by atoms with Crippen molar-refractivity contribution in [2.45, 2.75) is 32.0 Å². The molecule has 0 spiro atoms. The van der Waals surface area contributed by atoms with E-state index in [4.69, 9.17) is 9.73 Å². The van der Waals surface area contributed by atoms with Gasteiger partial charge in [0, 0.05) is 30.2 Å². The van der Waals surface area contributed by atoms with Crippen LogP contribution in [0.2, 0.25) is 0 Å². The fourth-order valence-electron chi connectivity index (χ4n) is 3.73. The zero-order valence-electron chi connectivity index (χ0n) is 20.4. The van der Waals surface area contributed by atoms with E-state index in [0.29, 0.717) is 12.1 Å². The van der Waals surface area contributed by atoms with Crippen LogP contribution in [0, 0.1) is 10.1 Å². The molecule has 3 rings (SSSR count). The number of allylic oxidation sites excluding steroid dienone is 1. The Hall–Kier alpha value is -3.49. The summed E-state index contributed by atoms with van der Waals surface area (Å²) < 4.78 is 5.83. The second kappa shape index (κ2) is 11.1. The van der Waals surface area contributed by atoms with Gasteiger partial charge < -0.3 is 15.0 Å². The molecule has 0 aromatic heterocycles. The van der Waals surface area contributed by atoms with E-state index in [9.17, 15) is 10.1 Å². The third kappa shape index (κ3) is 5.89. The standard InChI is InChI=1S/C26H33N5O3/c1-19(2)34-25-22(31(32)33)18-23(26(27-3,29-25)16-17-30(4)5)28-24(20-12-8-6-9-13-20)21-14-10-7-11-15-21/h6-15,18-19,27,29H,16-17H2,1-5H3. The van der Waals surface area contributed by atoms with Crippen molar-refractivity contribution in [1.29, 1.82) is 0 Å². The first-order valence-corrected chi connectivity index (χ1v) is 11.3. The monoisotopic (exact) mass is 463 g/mol. The summed E-state index contributed by atoms with van der Waals surface area (Å²) in [7, 11) is 5.80. The van der Waals surface area contributed by atoms with E-state index in [1.807, 2.05) is 95.7 Å².